The molecule has 0 saturated carbocycles. The van der Waals surface area contributed by atoms with Gasteiger partial charge in [0.25, 0.3) is 0 Å². The van der Waals surface area contributed by atoms with Gasteiger partial charge in [0.15, 0.2) is 0 Å². The lowest BCUT2D eigenvalue weighted by Crippen LogP contribution is -2.07. The van der Waals surface area contributed by atoms with Crippen LogP contribution in [0.1, 0.15) is 30.6 Å². The summed E-state index contributed by atoms with van der Waals surface area (Å²) in [7, 11) is 0. The molecule has 4 nitrogen and oxygen atoms in total. The zero-order valence-electron chi connectivity index (χ0n) is 7.94. The van der Waals surface area contributed by atoms with Gasteiger partial charge < -0.3 is 9.67 Å². The third-order valence-corrected chi connectivity index (χ3v) is 2.11. The Kier molecular flexibility index (Phi) is 3.28. The molecule has 0 unspecified atom stereocenters. The molecule has 1 aromatic rings. The highest BCUT2D eigenvalue weighted by atomic mass is 16.3. The predicted molar refractivity (Wildman–Crippen MR) is 50.3 cm³/mol. The van der Waals surface area contributed by atoms with Crippen molar-refractivity contribution in [2.75, 3.05) is 6.61 Å². The van der Waals surface area contributed by atoms with Crippen LogP contribution in [-0.4, -0.2) is 16.3 Å². The van der Waals surface area contributed by atoms with Crippen LogP contribution in [0.25, 0.3) is 0 Å². The SMILES string of the molecule is C[C@@H](CCO)n1cc(C#N)cc1C#N. The molecule has 1 heterocycles. The highest BCUT2D eigenvalue weighted by molar-refractivity contribution is 5.36. The van der Waals surface area contributed by atoms with Crippen LogP contribution in [0.3, 0.4) is 0 Å². The van der Waals surface area contributed by atoms with Crippen molar-refractivity contribution in [1.29, 1.82) is 10.5 Å². The quantitative estimate of drug-likeness (QED) is 0.775. The Morgan fingerprint density at radius 2 is 2.21 bits per heavy atom. The summed E-state index contributed by atoms with van der Waals surface area (Å²) in [5.74, 6) is 0. The average Bonchev–Trinajstić information content (AvgIpc) is 2.61. The van der Waals surface area contributed by atoms with Crippen LogP contribution in [0, 0.1) is 22.7 Å². The minimum absolute atomic E-state index is 0.0387. The van der Waals surface area contributed by atoms with E-state index in [-0.39, 0.29) is 12.6 Å². The Hall–Kier alpha value is -1.78. The van der Waals surface area contributed by atoms with Crippen LogP contribution in [0.2, 0.25) is 0 Å². The topological polar surface area (TPSA) is 72.7 Å². The molecule has 1 aromatic heterocycles. The Balaban J connectivity index is 3.02. The van der Waals surface area contributed by atoms with Crippen molar-refractivity contribution < 1.29 is 5.11 Å². The number of nitriles is 2. The lowest BCUT2D eigenvalue weighted by Gasteiger charge is -2.12. The summed E-state index contributed by atoms with van der Waals surface area (Å²) in [6.45, 7) is 1.98. The van der Waals surface area contributed by atoms with Crippen molar-refractivity contribution in [3.05, 3.63) is 23.5 Å². The predicted octanol–water partition coefficient (Wildman–Crippen LogP) is 1.17. The zero-order chi connectivity index (χ0) is 10.6. The third kappa shape index (κ3) is 1.93. The maximum Gasteiger partial charge on any atom is 0.121 e. The molecule has 1 atom stereocenters. The van der Waals surface area contributed by atoms with Gasteiger partial charge in [0.2, 0.25) is 0 Å². The van der Waals surface area contributed by atoms with Crippen LogP contribution in [0.4, 0.5) is 0 Å². The van der Waals surface area contributed by atoms with Crippen LogP contribution >= 0.6 is 0 Å². The number of rotatable bonds is 3. The zero-order valence-corrected chi connectivity index (χ0v) is 7.94. The van der Waals surface area contributed by atoms with Gasteiger partial charge in [0, 0.05) is 18.8 Å². The number of aliphatic hydroxyl groups excluding tert-OH is 1. The molecule has 0 spiro atoms. The highest BCUT2D eigenvalue weighted by Gasteiger charge is 2.10. The van der Waals surface area contributed by atoms with Gasteiger partial charge in [-0.2, -0.15) is 10.5 Å². The van der Waals surface area contributed by atoms with Gasteiger partial charge in [-0.3, -0.25) is 0 Å². The average molecular weight is 189 g/mol. The molecule has 0 aliphatic rings. The number of hydrogen-bond donors (Lipinski definition) is 1. The molecule has 1 rings (SSSR count). The van der Waals surface area contributed by atoms with E-state index in [0.29, 0.717) is 17.7 Å². The first-order valence-electron chi connectivity index (χ1n) is 4.36. The molecule has 0 bridgehead atoms. The molecular formula is C10H11N3O. The van der Waals surface area contributed by atoms with E-state index >= 15 is 0 Å². The Bertz CT molecular complexity index is 394. The summed E-state index contributed by atoms with van der Waals surface area (Å²) in [4.78, 5) is 0. The van der Waals surface area contributed by atoms with E-state index in [0.717, 1.165) is 0 Å². The standard InChI is InChI=1S/C10H11N3O/c1-8(2-3-14)13-7-9(5-11)4-10(13)6-12/h4,7-8,14H,2-3H2,1H3/t8-/m0/s1. The Morgan fingerprint density at radius 1 is 1.50 bits per heavy atom. The molecule has 0 radical (unpaired) electrons. The number of aliphatic hydroxyl groups is 1. The van der Waals surface area contributed by atoms with Crippen molar-refractivity contribution in [3.8, 4) is 12.1 Å². The fourth-order valence-electron chi connectivity index (χ4n) is 1.32. The second kappa shape index (κ2) is 4.45. The summed E-state index contributed by atoms with van der Waals surface area (Å²) < 4.78 is 1.72. The molecule has 0 saturated heterocycles. The molecule has 0 aromatic carbocycles. The molecule has 4 heteroatoms. The number of hydrogen-bond acceptors (Lipinski definition) is 3. The largest absolute Gasteiger partial charge is 0.396 e. The van der Waals surface area contributed by atoms with Gasteiger partial charge in [-0.15, -0.1) is 0 Å². The second-order valence-corrected chi connectivity index (χ2v) is 3.11. The smallest absolute Gasteiger partial charge is 0.121 e. The molecule has 0 aliphatic carbocycles. The first kappa shape index (κ1) is 10.3. The molecule has 1 N–H and O–H groups in total. The lowest BCUT2D eigenvalue weighted by atomic mass is 10.2. The third-order valence-electron chi connectivity index (χ3n) is 2.11. The maximum atomic E-state index is 8.80. The van der Waals surface area contributed by atoms with E-state index in [1.165, 1.54) is 0 Å². The Labute approximate surface area is 82.6 Å². The summed E-state index contributed by atoms with van der Waals surface area (Å²) in [6, 6.07) is 5.59. The minimum atomic E-state index is 0.0387. The van der Waals surface area contributed by atoms with Crippen molar-refractivity contribution in [1.82, 2.24) is 4.57 Å². The molecule has 14 heavy (non-hydrogen) atoms. The summed E-state index contributed by atoms with van der Waals surface area (Å²) >= 11 is 0. The van der Waals surface area contributed by atoms with Gasteiger partial charge in [0.05, 0.1) is 5.56 Å². The molecular weight excluding hydrogens is 178 g/mol. The van der Waals surface area contributed by atoms with E-state index in [9.17, 15) is 0 Å². The minimum Gasteiger partial charge on any atom is -0.396 e. The molecule has 0 fully saturated rings. The monoisotopic (exact) mass is 189 g/mol. The van der Waals surface area contributed by atoms with Crippen LogP contribution < -0.4 is 0 Å². The number of nitrogens with zero attached hydrogens (tertiary/aromatic N) is 3. The first-order valence-corrected chi connectivity index (χ1v) is 4.36. The lowest BCUT2D eigenvalue weighted by molar-refractivity contribution is 0.262. The fraction of sp³-hybridized carbons (Fsp3) is 0.400. The van der Waals surface area contributed by atoms with Crippen molar-refractivity contribution in [2.45, 2.75) is 19.4 Å². The van der Waals surface area contributed by atoms with Crippen molar-refractivity contribution in [3.63, 3.8) is 0 Å². The van der Waals surface area contributed by atoms with E-state index in [4.69, 9.17) is 15.6 Å². The number of aromatic nitrogens is 1. The fourth-order valence-corrected chi connectivity index (χ4v) is 1.32. The van der Waals surface area contributed by atoms with E-state index in [2.05, 4.69) is 0 Å². The Morgan fingerprint density at radius 3 is 2.71 bits per heavy atom. The van der Waals surface area contributed by atoms with Crippen molar-refractivity contribution in [2.24, 2.45) is 0 Å². The summed E-state index contributed by atoms with van der Waals surface area (Å²) in [5.41, 5.74) is 0.939. The highest BCUT2D eigenvalue weighted by Crippen LogP contribution is 2.16. The molecule has 0 aliphatic heterocycles. The van der Waals surface area contributed by atoms with E-state index in [1.54, 1.807) is 16.8 Å². The van der Waals surface area contributed by atoms with Gasteiger partial charge >= 0.3 is 0 Å². The molecule has 72 valence electrons. The van der Waals surface area contributed by atoms with Crippen LogP contribution in [0.5, 0.6) is 0 Å². The normalized spacial score (nSPS) is 11.7. The second-order valence-electron chi connectivity index (χ2n) is 3.11. The van der Waals surface area contributed by atoms with Gasteiger partial charge in [-0.05, 0) is 19.4 Å². The molecule has 0 amide bonds. The summed E-state index contributed by atoms with van der Waals surface area (Å²) in [5, 5.41) is 26.2. The van der Waals surface area contributed by atoms with Crippen molar-refractivity contribution >= 4 is 0 Å². The van der Waals surface area contributed by atoms with E-state index < -0.39 is 0 Å². The van der Waals surface area contributed by atoms with Gasteiger partial charge in [0.1, 0.15) is 17.8 Å². The van der Waals surface area contributed by atoms with Crippen LogP contribution in [0.15, 0.2) is 12.3 Å². The maximum absolute atomic E-state index is 8.80. The van der Waals surface area contributed by atoms with E-state index in [1.807, 2.05) is 19.1 Å². The van der Waals surface area contributed by atoms with Gasteiger partial charge in [-0.25, -0.2) is 0 Å². The first-order chi connectivity index (χ1) is 6.72. The van der Waals surface area contributed by atoms with Gasteiger partial charge in [-0.1, -0.05) is 0 Å². The van der Waals surface area contributed by atoms with Crippen LogP contribution in [-0.2, 0) is 0 Å². The summed E-state index contributed by atoms with van der Waals surface area (Å²) in [6.07, 6.45) is 2.22.